The van der Waals surface area contributed by atoms with E-state index in [1.54, 1.807) is 0 Å². The summed E-state index contributed by atoms with van der Waals surface area (Å²) in [6.45, 7) is 4.19. The number of carbonyl (C=O) groups excluding carboxylic acids is 2. The van der Waals surface area contributed by atoms with Crippen molar-refractivity contribution < 1.29 is 9.59 Å². The van der Waals surface area contributed by atoms with Crippen LogP contribution < -0.4 is 5.32 Å². The zero-order chi connectivity index (χ0) is 22.5. The fourth-order valence-electron chi connectivity index (χ4n) is 4.81. The van der Waals surface area contributed by atoms with Crippen molar-refractivity contribution in [3.05, 3.63) is 82.9 Å². The van der Waals surface area contributed by atoms with Crippen LogP contribution in [0, 0.1) is 0 Å². The van der Waals surface area contributed by atoms with Crippen molar-refractivity contribution in [2.45, 2.75) is 44.6 Å². The highest BCUT2D eigenvalue weighted by molar-refractivity contribution is 5.97. The van der Waals surface area contributed by atoms with Crippen LogP contribution in [0.3, 0.4) is 0 Å². The second kappa shape index (κ2) is 10.1. The summed E-state index contributed by atoms with van der Waals surface area (Å²) in [6, 6.07) is 20.6. The number of likely N-dealkylation sites (tertiary alicyclic amines) is 1. The van der Waals surface area contributed by atoms with Gasteiger partial charge in [0.25, 0.3) is 5.91 Å². The number of nitrogens with zero attached hydrogens (tertiary/aromatic N) is 1. The van der Waals surface area contributed by atoms with Crippen LogP contribution >= 0.6 is 0 Å². The highest BCUT2D eigenvalue weighted by Crippen LogP contribution is 2.30. The van der Waals surface area contributed by atoms with Crippen LogP contribution in [0.5, 0.6) is 0 Å². The third-order valence-electron chi connectivity index (χ3n) is 6.74. The van der Waals surface area contributed by atoms with Gasteiger partial charge in [0.15, 0.2) is 0 Å². The van der Waals surface area contributed by atoms with Gasteiger partial charge in [-0.1, -0.05) is 54.6 Å². The van der Waals surface area contributed by atoms with Crippen molar-refractivity contribution in [2.75, 3.05) is 20.1 Å². The zero-order valence-electron chi connectivity index (χ0n) is 19.0. The molecule has 0 saturated carbocycles. The van der Waals surface area contributed by atoms with Gasteiger partial charge in [-0.3, -0.25) is 4.79 Å². The van der Waals surface area contributed by atoms with Crippen LogP contribution in [0.2, 0.25) is 0 Å². The number of aldehydes is 1. The SMILES string of the molecule is CC(NC(=O)c1cc(C2CCN(C)CC2)ccc1CCC=O)c1cccc2ccccc12. The van der Waals surface area contributed by atoms with E-state index in [-0.39, 0.29) is 11.9 Å². The van der Waals surface area contributed by atoms with E-state index < -0.39 is 0 Å². The summed E-state index contributed by atoms with van der Waals surface area (Å²) >= 11 is 0. The molecule has 1 aliphatic heterocycles. The number of fused-ring (bicyclic) bond motifs is 1. The van der Waals surface area contributed by atoms with Gasteiger partial charge in [0, 0.05) is 12.0 Å². The van der Waals surface area contributed by atoms with E-state index in [2.05, 4.69) is 59.7 Å². The quantitative estimate of drug-likeness (QED) is 0.522. The van der Waals surface area contributed by atoms with Crippen LogP contribution in [-0.4, -0.2) is 37.2 Å². The van der Waals surface area contributed by atoms with Gasteiger partial charge in [-0.2, -0.15) is 0 Å². The Morgan fingerprint density at radius 1 is 1.09 bits per heavy atom. The number of rotatable bonds is 7. The minimum Gasteiger partial charge on any atom is -0.345 e. The lowest BCUT2D eigenvalue weighted by Crippen LogP contribution is -2.30. The summed E-state index contributed by atoms with van der Waals surface area (Å²) in [5.74, 6) is 0.412. The Morgan fingerprint density at radius 2 is 1.84 bits per heavy atom. The second-order valence-electron chi connectivity index (χ2n) is 8.96. The number of hydrogen-bond donors (Lipinski definition) is 1. The molecule has 1 unspecified atom stereocenters. The van der Waals surface area contributed by atoms with E-state index >= 15 is 0 Å². The average molecular weight is 429 g/mol. The standard InChI is InChI=1S/C28H32N2O2/c1-20(25-11-5-8-22-7-3-4-10-26(22)25)29-28(32)27-19-24(13-12-23(27)9-6-18-31)21-14-16-30(2)17-15-21/h3-5,7-8,10-13,18-21H,6,9,14-17H2,1-2H3,(H,29,32). The first-order chi connectivity index (χ1) is 15.6. The molecule has 4 nitrogen and oxygen atoms in total. The van der Waals surface area contributed by atoms with Crippen LogP contribution in [0.25, 0.3) is 10.8 Å². The summed E-state index contributed by atoms with van der Waals surface area (Å²) in [7, 11) is 2.16. The highest BCUT2D eigenvalue weighted by atomic mass is 16.1. The Labute approximate surface area is 190 Å². The van der Waals surface area contributed by atoms with E-state index in [0.717, 1.165) is 48.7 Å². The minimum atomic E-state index is -0.125. The number of amides is 1. The molecule has 1 amide bonds. The van der Waals surface area contributed by atoms with E-state index in [4.69, 9.17) is 0 Å². The van der Waals surface area contributed by atoms with E-state index in [0.29, 0.717) is 24.3 Å². The number of benzene rings is 3. The lowest BCUT2D eigenvalue weighted by molar-refractivity contribution is -0.107. The molecule has 3 aromatic carbocycles. The molecule has 3 aromatic rings. The minimum absolute atomic E-state index is 0.0684. The summed E-state index contributed by atoms with van der Waals surface area (Å²) in [5, 5.41) is 5.55. The molecule has 4 heteroatoms. The summed E-state index contributed by atoms with van der Waals surface area (Å²) in [5.41, 5.74) is 3.99. The third kappa shape index (κ3) is 4.91. The first kappa shape index (κ1) is 22.2. The van der Waals surface area contributed by atoms with E-state index in [9.17, 15) is 9.59 Å². The molecule has 0 bridgehead atoms. The molecule has 0 aromatic heterocycles. The van der Waals surface area contributed by atoms with Crippen molar-refractivity contribution >= 4 is 23.0 Å². The Morgan fingerprint density at radius 3 is 2.62 bits per heavy atom. The van der Waals surface area contributed by atoms with Gasteiger partial charge in [0.1, 0.15) is 6.29 Å². The number of carbonyl (C=O) groups is 2. The lowest BCUT2D eigenvalue weighted by atomic mass is 9.87. The smallest absolute Gasteiger partial charge is 0.252 e. The molecule has 0 aliphatic carbocycles. The molecular weight excluding hydrogens is 396 g/mol. The molecule has 4 rings (SSSR count). The van der Waals surface area contributed by atoms with Gasteiger partial charge in [-0.15, -0.1) is 0 Å². The Hall–Kier alpha value is -2.98. The predicted molar refractivity (Wildman–Crippen MR) is 130 cm³/mol. The average Bonchev–Trinajstić information content (AvgIpc) is 2.82. The Balaban J connectivity index is 1.60. The van der Waals surface area contributed by atoms with Crippen molar-refractivity contribution in [2.24, 2.45) is 0 Å². The summed E-state index contributed by atoms with van der Waals surface area (Å²) in [6.07, 6.45) is 4.15. The lowest BCUT2D eigenvalue weighted by Gasteiger charge is -2.29. The molecule has 32 heavy (non-hydrogen) atoms. The maximum atomic E-state index is 13.4. The Kier molecular flexibility index (Phi) is 7.01. The second-order valence-corrected chi connectivity index (χ2v) is 8.96. The van der Waals surface area contributed by atoms with Crippen LogP contribution in [-0.2, 0) is 11.2 Å². The normalized spacial score (nSPS) is 16.1. The number of nitrogens with one attached hydrogen (secondary N) is 1. The molecule has 1 aliphatic rings. The number of piperidine rings is 1. The molecule has 1 saturated heterocycles. The molecule has 0 radical (unpaired) electrons. The summed E-state index contributed by atoms with van der Waals surface area (Å²) < 4.78 is 0. The molecule has 166 valence electrons. The fourth-order valence-corrected chi connectivity index (χ4v) is 4.81. The van der Waals surface area contributed by atoms with Crippen molar-refractivity contribution in [1.82, 2.24) is 10.2 Å². The molecule has 0 spiro atoms. The van der Waals surface area contributed by atoms with Gasteiger partial charge >= 0.3 is 0 Å². The van der Waals surface area contributed by atoms with Crippen LogP contribution in [0.4, 0.5) is 0 Å². The van der Waals surface area contributed by atoms with Gasteiger partial charge in [-0.25, -0.2) is 0 Å². The largest absolute Gasteiger partial charge is 0.345 e. The molecule has 1 N–H and O–H groups in total. The highest BCUT2D eigenvalue weighted by Gasteiger charge is 2.22. The van der Waals surface area contributed by atoms with Crippen molar-refractivity contribution in [1.29, 1.82) is 0 Å². The molecule has 1 fully saturated rings. The monoisotopic (exact) mass is 428 g/mol. The first-order valence-corrected chi connectivity index (χ1v) is 11.6. The number of aryl methyl sites for hydroxylation is 1. The molecular formula is C28H32N2O2. The van der Waals surface area contributed by atoms with Crippen LogP contribution in [0.1, 0.15) is 65.2 Å². The van der Waals surface area contributed by atoms with Crippen LogP contribution in [0.15, 0.2) is 60.7 Å². The predicted octanol–water partition coefficient (Wildman–Crippen LogP) is 5.27. The third-order valence-corrected chi connectivity index (χ3v) is 6.74. The van der Waals surface area contributed by atoms with E-state index in [1.807, 2.05) is 25.1 Å². The van der Waals surface area contributed by atoms with Gasteiger partial charge in [-0.05, 0) is 85.8 Å². The topological polar surface area (TPSA) is 49.4 Å². The van der Waals surface area contributed by atoms with E-state index in [1.165, 1.54) is 10.9 Å². The molecule has 1 atom stereocenters. The number of hydrogen-bond acceptors (Lipinski definition) is 3. The first-order valence-electron chi connectivity index (χ1n) is 11.6. The van der Waals surface area contributed by atoms with Crippen molar-refractivity contribution in [3.63, 3.8) is 0 Å². The van der Waals surface area contributed by atoms with Gasteiger partial charge in [0.2, 0.25) is 0 Å². The fraction of sp³-hybridized carbons (Fsp3) is 0.357. The zero-order valence-corrected chi connectivity index (χ0v) is 19.0. The van der Waals surface area contributed by atoms with Gasteiger partial charge < -0.3 is 15.0 Å². The summed E-state index contributed by atoms with van der Waals surface area (Å²) in [4.78, 5) is 26.8. The Bertz CT molecular complexity index is 1090. The van der Waals surface area contributed by atoms with Gasteiger partial charge in [0.05, 0.1) is 6.04 Å². The maximum Gasteiger partial charge on any atom is 0.252 e. The maximum absolute atomic E-state index is 13.4. The molecule has 1 heterocycles. The van der Waals surface area contributed by atoms with Crippen molar-refractivity contribution in [3.8, 4) is 0 Å².